The second-order valence-corrected chi connectivity index (χ2v) is 8.14. The quantitative estimate of drug-likeness (QED) is 0.400. The lowest BCUT2D eigenvalue weighted by Crippen LogP contribution is -2.31. The van der Waals surface area contributed by atoms with Gasteiger partial charge in [0.05, 0.1) is 20.8 Å². The first-order chi connectivity index (χ1) is 15.6. The third kappa shape index (κ3) is 3.62. The fourth-order valence-corrected chi connectivity index (χ4v) is 4.32. The molecule has 0 unspecified atom stereocenters. The summed E-state index contributed by atoms with van der Waals surface area (Å²) in [6.45, 7) is 2.52. The highest BCUT2D eigenvalue weighted by atomic mass is 79.9. The second-order valence-electron chi connectivity index (χ2n) is 7.43. The van der Waals surface area contributed by atoms with E-state index >= 15 is 0 Å². The van der Waals surface area contributed by atoms with Crippen molar-refractivity contribution in [3.63, 3.8) is 0 Å². The molecular formula is C23H21BrN4O4. The Morgan fingerprint density at radius 1 is 1.09 bits per heavy atom. The summed E-state index contributed by atoms with van der Waals surface area (Å²) in [5, 5.41) is 0. The first-order valence-corrected chi connectivity index (χ1v) is 10.9. The van der Waals surface area contributed by atoms with Gasteiger partial charge in [-0.3, -0.25) is 4.57 Å². The van der Waals surface area contributed by atoms with Gasteiger partial charge in [-0.15, -0.1) is 0 Å². The molecule has 0 radical (unpaired) electrons. The number of aromatic nitrogens is 4. The minimum absolute atomic E-state index is 0.222. The first kappa shape index (κ1) is 20.6. The average Bonchev–Trinajstić information content (AvgIpc) is 3.13. The Balaban J connectivity index is 1.48. The van der Waals surface area contributed by atoms with E-state index in [1.165, 1.54) is 0 Å². The monoisotopic (exact) mass is 496 g/mol. The predicted molar refractivity (Wildman–Crippen MR) is 122 cm³/mol. The smallest absolute Gasteiger partial charge is 0.212 e. The van der Waals surface area contributed by atoms with Crippen molar-refractivity contribution in [2.24, 2.45) is 0 Å². The summed E-state index contributed by atoms with van der Waals surface area (Å²) in [6, 6.07) is 11.5. The Kier molecular flexibility index (Phi) is 5.34. The molecule has 0 amide bonds. The van der Waals surface area contributed by atoms with Gasteiger partial charge in [-0.2, -0.15) is 0 Å². The van der Waals surface area contributed by atoms with Gasteiger partial charge in [0.2, 0.25) is 11.6 Å². The molecule has 1 aliphatic rings. The van der Waals surface area contributed by atoms with Crippen molar-refractivity contribution >= 4 is 27.1 Å². The minimum Gasteiger partial charge on any atom is -0.493 e. The van der Waals surface area contributed by atoms with Crippen LogP contribution in [0.25, 0.3) is 11.2 Å². The van der Waals surface area contributed by atoms with E-state index in [0.29, 0.717) is 34.4 Å². The number of ether oxygens (including phenoxy) is 4. The molecule has 0 aliphatic carbocycles. The molecule has 9 heteroatoms. The van der Waals surface area contributed by atoms with Crippen LogP contribution in [-0.4, -0.2) is 39.8 Å². The van der Waals surface area contributed by atoms with Crippen LogP contribution in [0.4, 0.5) is 0 Å². The maximum atomic E-state index is 6.34. The van der Waals surface area contributed by atoms with Crippen molar-refractivity contribution in [2.45, 2.75) is 25.7 Å². The summed E-state index contributed by atoms with van der Waals surface area (Å²) in [4.78, 5) is 13.3. The van der Waals surface area contributed by atoms with Crippen molar-refractivity contribution in [1.29, 1.82) is 0 Å². The standard InChI is InChI=1S/C23H21BrN4O4/c1-13-20(15-6-7-19(30-3)26-11-15)32-21-17(29-2)9-14(10-18(21)31-13)12-28-22-16(27-23(28)24)5-4-8-25-22/h4-11,13,20H,12H2,1-3H3/t13-,20+/m0/s1. The Bertz CT molecular complexity index is 1280. The van der Waals surface area contributed by atoms with E-state index in [1.807, 2.05) is 47.9 Å². The van der Waals surface area contributed by atoms with Crippen molar-refractivity contribution in [2.75, 3.05) is 14.2 Å². The molecule has 164 valence electrons. The van der Waals surface area contributed by atoms with Gasteiger partial charge < -0.3 is 18.9 Å². The van der Waals surface area contributed by atoms with Crippen LogP contribution in [0.5, 0.6) is 23.1 Å². The SMILES string of the molecule is COc1ccc([C@@H]2Oc3c(OC)cc(Cn4c(Br)nc5cccnc54)cc3O[C@H]2C)cn1. The molecule has 0 saturated carbocycles. The highest BCUT2D eigenvalue weighted by Crippen LogP contribution is 2.46. The molecular weight excluding hydrogens is 476 g/mol. The zero-order valence-corrected chi connectivity index (χ0v) is 19.4. The largest absolute Gasteiger partial charge is 0.493 e. The molecule has 5 rings (SSSR count). The van der Waals surface area contributed by atoms with Gasteiger partial charge in [-0.1, -0.05) is 0 Å². The van der Waals surface area contributed by atoms with Crippen LogP contribution >= 0.6 is 15.9 Å². The normalized spacial score (nSPS) is 17.4. The fraction of sp³-hybridized carbons (Fsp3) is 0.261. The lowest BCUT2D eigenvalue weighted by Gasteiger charge is -2.33. The van der Waals surface area contributed by atoms with E-state index in [-0.39, 0.29) is 12.2 Å². The van der Waals surface area contributed by atoms with Crippen LogP contribution in [0.2, 0.25) is 0 Å². The number of benzene rings is 1. The Morgan fingerprint density at radius 3 is 2.72 bits per heavy atom. The zero-order chi connectivity index (χ0) is 22.2. The molecule has 4 aromatic rings. The maximum Gasteiger partial charge on any atom is 0.212 e. The first-order valence-electron chi connectivity index (χ1n) is 10.1. The molecule has 8 nitrogen and oxygen atoms in total. The van der Waals surface area contributed by atoms with Gasteiger partial charge in [0.15, 0.2) is 28.0 Å². The summed E-state index contributed by atoms with van der Waals surface area (Å²) in [6.07, 6.45) is 2.95. The summed E-state index contributed by atoms with van der Waals surface area (Å²) in [7, 11) is 3.21. The fourth-order valence-electron chi connectivity index (χ4n) is 3.84. The molecule has 1 aromatic carbocycles. The predicted octanol–water partition coefficient (Wildman–Crippen LogP) is 4.56. The van der Waals surface area contributed by atoms with Crippen molar-refractivity contribution in [3.8, 4) is 23.1 Å². The summed E-state index contributed by atoms with van der Waals surface area (Å²) < 4.78 is 26.1. The molecule has 4 heterocycles. The number of rotatable bonds is 5. The molecule has 2 atom stereocenters. The highest BCUT2D eigenvalue weighted by molar-refractivity contribution is 9.10. The van der Waals surface area contributed by atoms with E-state index in [2.05, 4.69) is 30.9 Å². The van der Waals surface area contributed by atoms with E-state index in [1.54, 1.807) is 26.6 Å². The zero-order valence-electron chi connectivity index (χ0n) is 17.8. The number of halogens is 1. The van der Waals surface area contributed by atoms with Gasteiger partial charge in [0.1, 0.15) is 11.6 Å². The van der Waals surface area contributed by atoms with Gasteiger partial charge >= 0.3 is 0 Å². The van der Waals surface area contributed by atoms with Gasteiger partial charge in [-0.05, 0) is 58.7 Å². The third-order valence-electron chi connectivity index (χ3n) is 5.38. The van der Waals surface area contributed by atoms with E-state index in [0.717, 1.165) is 22.3 Å². The number of imidazole rings is 1. The topological polar surface area (TPSA) is 80.5 Å². The van der Waals surface area contributed by atoms with Crippen molar-refractivity contribution < 1.29 is 18.9 Å². The minimum atomic E-state index is -0.323. The Morgan fingerprint density at radius 2 is 1.97 bits per heavy atom. The van der Waals surface area contributed by atoms with Crippen LogP contribution in [0, 0.1) is 0 Å². The number of hydrogen-bond donors (Lipinski definition) is 0. The Labute approximate surface area is 193 Å². The van der Waals surface area contributed by atoms with Crippen LogP contribution in [0.1, 0.15) is 24.2 Å². The van der Waals surface area contributed by atoms with E-state index in [9.17, 15) is 0 Å². The van der Waals surface area contributed by atoms with Crippen LogP contribution < -0.4 is 18.9 Å². The number of hydrogen-bond acceptors (Lipinski definition) is 7. The highest BCUT2D eigenvalue weighted by Gasteiger charge is 2.32. The molecule has 3 aromatic heterocycles. The lowest BCUT2D eigenvalue weighted by atomic mass is 10.0. The number of methoxy groups -OCH3 is 2. The average molecular weight is 497 g/mol. The van der Waals surface area contributed by atoms with Crippen LogP contribution in [0.3, 0.4) is 0 Å². The molecule has 1 aliphatic heterocycles. The maximum absolute atomic E-state index is 6.34. The van der Waals surface area contributed by atoms with Crippen LogP contribution in [-0.2, 0) is 6.54 Å². The summed E-state index contributed by atoms with van der Waals surface area (Å²) in [5.74, 6) is 2.36. The molecule has 0 spiro atoms. The second kappa shape index (κ2) is 8.31. The van der Waals surface area contributed by atoms with E-state index < -0.39 is 0 Å². The Hall–Kier alpha value is -3.33. The van der Waals surface area contributed by atoms with Gasteiger partial charge in [-0.25, -0.2) is 15.0 Å². The lowest BCUT2D eigenvalue weighted by molar-refractivity contribution is 0.0277. The molecule has 0 fully saturated rings. The molecule has 0 N–H and O–H groups in total. The number of nitrogens with zero attached hydrogens (tertiary/aromatic N) is 4. The van der Waals surface area contributed by atoms with Gasteiger partial charge in [0, 0.05) is 24.0 Å². The number of fused-ring (bicyclic) bond motifs is 2. The molecule has 0 saturated heterocycles. The van der Waals surface area contributed by atoms with Gasteiger partial charge in [0.25, 0.3) is 0 Å². The van der Waals surface area contributed by atoms with Crippen molar-refractivity contribution in [3.05, 3.63) is 64.7 Å². The number of pyridine rings is 2. The molecule has 0 bridgehead atoms. The van der Waals surface area contributed by atoms with Crippen LogP contribution in [0.15, 0.2) is 53.5 Å². The summed E-state index contributed by atoms with van der Waals surface area (Å²) in [5.41, 5.74) is 3.50. The molecule has 32 heavy (non-hydrogen) atoms. The van der Waals surface area contributed by atoms with Crippen molar-refractivity contribution in [1.82, 2.24) is 19.5 Å². The summed E-state index contributed by atoms with van der Waals surface area (Å²) >= 11 is 3.54. The third-order valence-corrected chi connectivity index (χ3v) is 5.98. The van der Waals surface area contributed by atoms with E-state index in [4.69, 9.17) is 18.9 Å².